The van der Waals surface area contributed by atoms with Crippen LogP contribution in [0.25, 0.3) is 10.9 Å². The molecule has 106 valence electrons. The number of aromatic nitrogens is 2. The minimum atomic E-state index is -0.153. The molecule has 0 unspecified atom stereocenters. The number of benzene rings is 1. The third kappa shape index (κ3) is 3.00. The zero-order chi connectivity index (χ0) is 14.7. The van der Waals surface area contributed by atoms with Crippen LogP contribution in [0.1, 0.15) is 15.5 Å². The van der Waals surface area contributed by atoms with Gasteiger partial charge in [-0.05, 0) is 23.6 Å². The Morgan fingerprint density at radius 1 is 1.24 bits per heavy atom. The summed E-state index contributed by atoms with van der Waals surface area (Å²) in [5.41, 5.74) is 0.515. The lowest BCUT2D eigenvalue weighted by molar-refractivity contribution is 0.0958. The summed E-state index contributed by atoms with van der Waals surface area (Å²) >= 11 is 1.40. The summed E-state index contributed by atoms with van der Waals surface area (Å²) in [4.78, 5) is 31.5. The Hall–Kier alpha value is -2.47. The van der Waals surface area contributed by atoms with Crippen molar-refractivity contribution in [2.45, 2.75) is 6.42 Å². The number of hydrogen-bond donors (Lipinski definition) is 2. The molecule has 6 heteroatoms. The second-order valence-corrected chi connectivity index (χ2v) is 5.46. The van der Waals surface area contributed by atoms with Gasteiger partial charge in [-0.1, -0.05) is 18.2 Å². The molecule has 0 saturated heterocycles. The van der Waals surface area contributed by atoms with Crippen LogP contribution in [0.3, 0.4) is 0 Å². The van der Waals surface area contributed by atoms with Crippen molar-refractivity contribution in [3.05, 3.63) is 62.8 Å². The van der Waals surface area contributed by atoms with Gasteiger partial charge in [0.15, 0.2) is 0 Å². The summed E-state index contributed by atoms with van der Waals surface area (Å²) in [5, 5.41) is 5.24. The van der Waals surface area contributed by atoms with E-state index in [-0.39, 0.29) is 11.5 Å². The van der Waals surface area contributed by atoms with Gasteiger partial charge in [0.05, 0.1) is 15.8 Å². The van der Waals surface area contributed by atoms with Crippen molar-refractivity contribution in [3.63, 3.8) is 0 Å². The standard InChI is InChI=1S/C15H13N3O2S/c19-14-10-4-1-2-5-11(10)17-13(18-14)7-8-16-15(20)12-6-3-9-21-12/h1-6,9H,7-8H2,(H,16,20)(H,17,18,19). The average Bonchev–Trinajstić information content (AvgIpc) is 3.01. The Labute approximate surface area is 124 Å². The second kappa shape index (κ2) is 5.88. The molecule has 0 aliphatic rings. The third-order valence-corrected chi connectivity index (χ3v) is 3.92. The molecule has 0 saturated carbocycles. The normalized spacial score (nSPS) is 10.7. The molecule has 0 aliphatic heterocycles. The van der Waals surface area contributed by atoms with Gasteiger partial charge in [-0.2, -0.15) is 0 Å². The molecule has 2 heterocycles. The maximum atomic E-state index is 11.9. The molecule has 0 atom stereocenters. The van der Waals surface area contributed by atoms with Gasteiger partial charge in [0, 0.05) is 13.0 Å². The molecule has 2 aromatic heterocycles. The van der Waals surface area contributed by atoms with E-state index in [1.807, 2.05) is 17.5 Å². The van der Waals surface area contributed by atoms with Crippen LogP contribution in [-0.2, 0) is 6.42 Å². The quantitative estimate of drug-likeness (QED) is 0.773. The zero-order valence-corrected chi connectivity index (χ0v) is 11.9. The number of hydrogen-bond acceptors (Lipinski definition) is 4. The van der Waals surface area contributed by atoms with Crippen molar-refractivity contribution in [1.29, 1.82) is 0 Å². The molecule has 1 aromatic carbocycles. The van der Waals surface area contributed by atoms with E-state index in [9.17, 15) is 9.59 Å². The van der Waals surface area contributed by atoms with Gasteiger partial charge >= 0.3 is 0 Å². The number of rotatable bonds is 4. The van der Waals surface area contributed by atoms with Gasteiger partial charge in [0.2, 0.25) is 0 Å². The highest BCUT2D eigenvalue weighted by Gasteiger charge is 2.07. The van der Waals surface area contributed by atoms with E-state index < -0.39 is 0 Å². The van der Waals surface area contributed by atoms with Crippen LogP contribution < -0.4 is 10.9 Å². The number of para-hydroxylation sites is 1. The number of thiophene rings is 1. The number of nitrogens with one attached hydrogen (secondary N) is 2. The van der Waals surface area contributed by atoms with Crippen LogP contribution in [0.4, 0.5) is 0 Å². The van der Waals surface area contributed by atoms with Gasteiger partial charge in [0.25, 0.3) is 11.5 Å². The first-order chi connectivity index (χ1) is 10.2. The predicted molar refractivity (Wildman–Crippen MR) is 82.7 cm³/mol. The number of amides is 1. The van der Waals surface area contributed by atoms with Crippen molar-refractivity contribution in [1.82, 2.24) is 15.3 Å². The van der Waals surface area contributed by atoms with Crippen molar-refractivity contribution in [2.24, 2.45) is 0 Å². The first-order valence-corrected chi connectivity index (χ1v) is 7.41. The Balaban J connectivity index is 1.68. The number of carbonyl (C=O) groups excluding carboxylic acids is 1. The molecule has 0 spiro atoms. The monoisotopic (exact) mass is 299 g/mol. The highest BCUT2D eigenvalue weighted by atomic mass is 32.1. The third-order valence-electron chi connectivity index (χ3n) is 3.05. The Morgan fingerprint density at radius 3 is 2.90 bits per heavy atom. The number of aromatic amines is 1. The molecule has 0 radical (unpaired) electrons. The molecule has 3 rings (SSSR count). The van der Waals surface area contributed by atoms with Gasteiger partial charge < -0.3 is 10.3 Å². The number of H-pyrrole nitrogens is 1. The van der Waals surface area contributed by atoms with Crippen LogP contribution in [0.2, 0.25) is 0 Å². The Morgan fingerprint density at radius 2 is 2.10 bits per heavy atom. The smallest absolute Gasteiger partial charge is 0.261 e. The molecular formula is C15H13N3O2S. The maximum Gasteiger partial charge on any atom is 0.261 e. The molecule has 1 amide bonds. The summed E-state index contributed by atoms with van der Waals surface area (Å²) in [5.74, 6) is 0.471. The van der Waals surface area contributed by atoms with Gasteiger partial charge in [0.1, 0.15) is 5.82 Å². The van der Waals surface area contributed by atoms with Crippen LogP contribution in [-0.4, -0.2) is 22.4 Å². The van der Waals surface area contributed by atoms with Crippen LogP contribution >= 0.6 is 11.3 Å². The highest BCUT2D eigenvalue weighted by molar-refractivity contribution is 7.12. The summed E-state index contributed by atoms with van der Waals surface area (Å²) < 4.78 is 0. The largest absolute Gasteiger partial charge is 0.351 e. The SMILES string of the molecule is O=C(NCCc1nc2ccccc2c(=O)[nH]1)c1cccs1. The van der Waals surface area contributed by atoms with Crippen LogP contribution in [0.5, 0.6) is 0 Å². The second-order valence-electron chi connectivity index (χ2n) is 4.51. The maximum absolute atomic E-state index is 11.9. The highest BCUT2D eigenvalue weighted by Crippen LogP contribution is 2.08. The first kappa shape index (κ1) is 13.5. The van der Waals surface area contributed by atoms with E-state index in [2.05, 4.69) is 15.3 Å². The Bertz CT molecular complexity index is 824. The van der Waals surface area contributed by atoms with Crippen molar-refractivity contribution in [2.75, 3.05) is 6.54 Å². The lowest BCUT2D eigenvalue weighted by Gasteiger charge is -2.04. The summed E-state index contributed by atoms with van der Waals surface area (Å²) in [7, 11) is 0. The molecular weight excluding hydrogens is 286 g/mol. The van der Waals surface area contributed by atoms with E-state index in [0.717, 1.165) is 0 Å². The fraction of sp³-hybridized carbons (Fsp3) is 0.133. The molecule has 3 aromatic rings. The summed E-state index contributed by atoms with van der Waals surface area (Å²) in [6.07, 6.45) is 0.483. The van der Waals surface area contributed by atoms with Gasteiger partial charge in [-0.25, -0.2) is 4.98 Å². The first-order valence-electron chi connectivity index (χ1n) is 6.54. The topological polar surface area (TPSA) is 74.8 Å². The Kier molecular flexibility index (Phi) is 3.79. The minimum absolute atomic E-state index is 0.104. The minimum Gasteiger partial charge on any atom is -0.351 e. The summed E-state index contributed by atoms with van der Waals surface area (Å²) in [6.45, 7) is 0.429. The fourth-order valence-corrected chi connectivity index (χ4v) is 2.68. The van der Waals surface area contributed by atoms with E-state index >= 15 is 0 Å². The van der Waals surface area contributed by atoms with Crippen molar-refractivity contribution in [3.8, 4) is 0 Å². The van der Waals surface area contributed by atoms with Crippen LogP contribution in [0.15, 0.2) is 46.6 Å². The van der Waals surface area contributed by atoms with E-state index in [0.29, 0.717) is 34.6 Å². The summed E-state index contributed by atoms with van der Waals surface area (Å²) in [6, 6.07) is 10.8. The van der Waals surface area contributed by atoms with E-state index in [1.54, 1.807) is 24.3 Å². The molecule has 2 N–H and O–H groups in total. The molecule has 21 heavy (non-hydrogen) atoms. The molecule has 0 bridgehead atoms. The lowest BCUT2D eigenvalue weighted by Crippen LogP contribution is -2.26. The number of carbonyl (C=O) groups is 1. The molecule has 5 nitrogen and oxygen atoms in total. The number of nitrogens with zero attached hydrogens (tertiary/aromatic N) is 1. The molecule has 0 fully saturated rings. The zero-order valence-electron chi connectivity index (χ0n) is 11.1. The number of fused-ring (bicyclic) bond motifs is 1. The fourth-order valence-electron chi connectivity index (χ4n) is 2.04. The predicted octanol–water partition coefficient (Wildman–Crippen LogP) is 1.96. The van der Waals surface area contributed by atoms with E-state index in [1.165, 1.54) is 11.3 Å². The lowest BCUT2D eigenvalue weighted by atomic mass is 10.2. The molecule has 0 aliphatic carbocycles. The van der Waals surface area contributed by atoms with Gasteiger partial charge in [-0.3, -0.25) is 9.59 Å². The van der Waals surface area contributed by atoms with E-state index in [4.69, 9.17) is 0 Å². The average molecular weight is 299 g/mol. The van der Waals surface area contributed by atoms with Gasteiger partial charge in [-0.15, -0.1) is 11.3 Å². The van der Waals surface area contributed by atoms with Crippen molar-refractivity contribution < 1.29 is 4.79 Å². The van der Waals surface area contributed by atoms with Crippen LogP contribution in [0, 0.1) is 0 Å². The van der Waals surface area contributed by atoms with Crippen molar-refractivity contribution >= 4 is 28.1 Å².